The maximum absolute atomic E-state index is 11.7. The topological polar surface area (TPSA) is 41.1 Å². The Morgan fingerprint density at radius 1 is 1.00 bits per heavy atom. The summed E-state index contributed by atoms with van der Waals surface area (Å²) in [4.78, 5) is 11.7. The van der Waals surface area contributed by atoms with Crippen molar-refractivity contribution in [3.05, 3.63) is 64.6 Å². The molecular formula is C15H15BrN2O. The predicted octanol–water partition coefficient (Wildman–Crippen LogP) is 3.18. The van der Waals surface area contributed by atoms with Gasteiger partial charge < -0.3 is 10.6 Å². The first-order chi connectivity index (χ1) is 9.25. The average molecular weight is 319 g/mol. The smallest absolute Gasteiger partial charge is 0.238 e. The monoisotopic (exact) mass is 318 g/mol. The Balaban J connectivity index is 1.77. The van der Waals surface area contributed by atoms with Crippen LogP contribution in [0.4, 0.5) is 5.69 Å². The van der Waals surface area contributed by atoms with Crippen LogP contribution in [0.3, 0.4) is 0 Å². The molecule has 0 aliphatic carbocycles. The molecule has 2 rings (SSSR count). The Bertz CT molecular complexity index is 543. The summed E-state index contributed by atoms with van der Waals surface area (Å²) in [6.07, 6.45) is 0. The lowest BCUT2D eigenvalue weighted by molar-refractivity contribution is -0.115. The van der Waals surface area contributed by atoms with Crippen molar-refractivity contribution in [2.45, 2.75) is 6.54 Å². The normalized spacial score (nSPS) is 10.2. The Hall–Kier alpha value is -1.65. The molecule has 4 heteroatoms. The van der Waals surface area contributed by atoms with Gasteiger partial charge in [-0.25, -0.2) is 0 Å². The van der Waals surface area contributed by atoms with Crippen LogP contribution >= 0.6 is 15.9 Å². The third kappa shape index (κ3) is 4.50. The van der Waals surface area contributed by atoms with Crippen LogP contribution in [-0.2, 0) is 11.3 Å². The quantitative estimate of drug-likeness (QED) is 0.889. The van der Waals surface area contributed by atoms with Gasteiger partial charge in [-0.2, -0.15) is 0 Å². The number of hydrogen-bond donors (Lipinski definition) is 2. The third-order valence-electron chi connectivity index (χ3n) is 2.62. The van der Waals surface area contributed by atoms with Crippen LogP contribution in [0.2, 0.25) is 0 Å². The number of anilines is 1. The fraction of sp³-hybridized carbons (Fsp3) is 0.133. The van der Waals surface area contributed by atoms with Crippen molar-refractivity contribution in [2.24, 2.45) is 0 Å². The Morgan fingerprint density at radius 2 is 1.68 bits per heavy atom. The first-order valence-electron chi connectivity index (χ1n) is 6.05. The van der Waals surface area contributed by atoms with E-state index in [1.807, 2.05) is 54.6 Å². The minimum atomic E-state index is -0.0433. The second-order valence-electron chi connectivity index (χ2n) is 4.11. The van der Waals surface area contributed by atoms with E-state index < -0.39 is 0 Å². The molecule has 1 amide bonds. The van der Waals surface area contributed by atoms with Crippen LogP contribution in [0.5, 0.6) is 0 Å². The third-order valence-corrected chi connectivity index (χ3v) is 3.39. The van der Waals surface area contributed by atoms with E-state index in [9.17, 15) is 4.79 Å². The lowest BCUT2D eigenvalue weighted by Crippen LogP contribution is -2.27. The van der Waals surface area contributed by atoms with E-state index in [4.69, 9.17) is 0 Å². The minimum absolute atomic E-state index is 0.0433. The van der Waals surface area contributed by atoms with E-state index in [0.717, 1.165) is 15.7 Å². The molecule has 0 bridgehead atoms. The van der Waals surface area contributed by atoms with Crippen LogP contribution in [-0.4, -0.2) is 12.5 Å². The molecule has 98 valence electrons. The number of hydrogen-bond acceptors (Lipinski definition) is 2. The van der Waals surface area contributed by atoms with Gasteiger partial charge in [-0.1, -0.05) is 52.3 Å². The highest BCUT2D eigenvalue weighted by atomic mass is 79.9. The molecule has 2 aromatic rings. The molecule has 0 heterocycles. The Morgan fingerprint density at radius 3 is 2.42 bits per heavy atom. The summed E-state index contributed by atoms with van der Waals surface area (Å²) in [6.45, 7) is 0.944. The zero-order valence-corrected chi connectivity index (χ0v) is 12.0. The van der Waals surface area contributed by atoms with Gasteiger partial charge in [0, 0.05) is 16.7 Å². The van der Waals surface area contributed by atoms with Crippen molar-refractivity contribution in [2.75, 3.05) is 11.9 Å². The molecule has 0 spiro atoms. The summed E-state index contributed by atoms with van der Waals surface area (Å²) >= 11 is 3.48. The summed E-state index contributed by atoms with van der Waals surface area (Å²) in [7, 11) is 0. The van der Waals surface area contributed by atoms with Gasteiger partial charge in [0.1, 0.15) is 0 Å². The minimum Gasteiger partial charge on any atom is -0.325 e. The van der Waals surface area contributed by atoms with Gasteiger partial charge in [0.25, 0.3) is 0 Å². The van der Waals surface area contributed by atoms with E-state index in [-0.39, 0.29) is 12.5 Å². The largest absolute Gasteiger partial charge is 0.325 e. The molecule has 0 saturated carbocycles. The fourth-order valence-corrected chi connectivity index (χ4v) is 2.10. The zero-order chi connectivity index (χ0) is 13.5. The van der Waals surface area contributed by atoms with E-state index in [0.29, 0.717) is 6.54 Å². The van der Waals surface area contributed by atoms with Gasteiger partial charge >= 0.3 is 0 Å². The highest BCUT2D eigenvalue weighted by molar-refractivity contribution is 9.10. The first-order valence-corrected chi connectivity index (χ1v) is 6.84. The number of carbonyl (C=O) groups excluding carboxylic acids is 1. The fourth-order valence-electron chi connectivity index (χ4n) is 1.68. The molecule has 0 saturated heterocycles. The predicted molar refractivity (Wildman–Crippen MR) is 80.9 cm³/mol. The van der Waals surface area contributed by atoms with Crippen molar-refractivity contribution in [3.63, 3.8) is 0 Å². The van der Waals surface area contributed by atoms with Crippen LogP contribution < -0.4 is 10.6 Å². The Labute approximate surface area is 121 Å². The van der Waals surface area contributed by atoms with E-state index in [1.54, 1.807) is 0 Å². The second-order valence-corrected chi connectivity index (χ2v) is 4.96. The number of amides is 1. The van der Waals surface area contributed by atoms with Crippen molar-refractivity contribution in [1.29, 1.82) is 0 Å². The zero-order valence-electron chi connectivity index (χ0n) is 10.4. The molecule has 0 fully saturated rings. The van der Waals surface area contributed by atoms with E-state index >= 15 is 0 Å². The standard InChI is InChI=1S/C15H15BrN2O/c16-14-9-5-4-6-12(14)10-17-11-15(19)18-13-7-2-1-3-8-13/h1-9,17H,10-11H2,(H,18,19). The van der Waals surface area contributed by atoms with Crippen molar-refractivity contribution in [3.8, 4) is 0 Å². The molecule has 0 aliphatic heterocycles. The summed E-state index contributed by atoms with van der Waals surface area (Å²) in [5.41, 5.74) is 1.95. The molecule has 0 atom stereocenters. The lowest BCUT2D eigenvalue weighted by atomic mass is 10.2. The highest BCUT2D eigenvalue weighted by Crippen LogP contribution is 2.15. The molecule has 0 radical (unpaired) electrons. The maximum Gasteiger partial charge on any atom is 0.238 e. The second kappa shape index (κ2) is 7.07. The summed E-state index contributed by atoms with van der Waals surface area (Å²) in [5.74, 6) is -0.0433. The van der Waals surface area contributed by atoms with Crippen LogP contribution in [0, 0.1) is 0 Å². The molecular weight excluding hydrogens is 304 g/mol. The summed E-state index contributed by atoms with van der Waals surface area (Å²) in [6, 6.07) is 17.4. The summed E-state index contributed by atoms with van der Waals surface area (Å²) in [5, 5.41) is 5.95. The van der Waals surface area contributed by atoms with E-state index in [2.05, 4.69) is 26.6 Å². The first kappa shape index (κ1) is 13.8. The van der Waals surface area contributed by atoms with Gasteiger partial charge in [-0.05, 0) is 23.8 Å². The van der Waals surface area contributed by atoms with Crippen molar-refractivity contribution >= 4 is 27.5 Å². The van der Waals surface area contributed by atoms with E-state index in [1.165, 1.54) is 0 Å². The van der Waals surface area contributed by atoms with Gasteiger partial charge in [0.2, 0.25) is 5.91 Å². The number of halogens is 1. The Kier molecular flexibility index (Phi) is 5.12. The number of para-hydroxylation sites is 1. The highest BCUT2D eigenvalue weighted by Gasteiger charge is 2.02. The number of carbonyl (C=O) groups is 1. The van der Waals surface area contributed by atoms with Gasteiger partial charge in [-0.3, -0.25) is 4.79 Å². The van der Waals surface area contributed by atoms with Crippen molar-refractivity contribution < 1.29 is 4.79 Å². The molecule has 3 nitrogen and oxygen atoms in total. The number of rotatable bonds is 5. The van der Waals surface area contributed by atoms with Crippen molar-refractivity contribution in [1.82, 2.24) is 5.32 Å². The van der Waals surface area contributed by atoms with Gasteiger partial charge in [0.05, 0.1) is 6.54 Å². The molecule has 2 N–H and O–H groups in total. The molecule has 0 aromatic heterocycles. The lowest BCUT2D eigenvalue weighted by Gasteiger charge is -2.07. The average Bonchev–Trinajstić information content (AvgIpc) is 2.42. The maximum atomic E-state index is 11.7. The SMILES string of the molecule is O=C(CNCc1ccccc1Br)Nc1ccccc1. The van der Waals surface area contributed by atoms with Crippen LogP contribution in [0.25, 0.3) is 0 Å². The number of nitrogens with one attached hydrogen (secondary N) is 2. The molecule has 19 heavy (non-hydrogen) atoms. The number of benzene rings is 2. The van der Waals surface area contributed by atoms with Crippen LogP contribution in [0.15, 0.2) is 59.1 Å². The molecule has 2 aromatic carbocycles. The van der Waals surface area contributed by atoms with Gasteiger partial charge in [0.15, 0.2) is 0 Å². The molecule has 0 aliphatic rings. The summed E-state index contributed by atoms with van der Waals surface area (Å²) < 4.78 is 1.05. The molecule has 0 unspecified atom stereocenters. The van der Waals surface area contributed by atoms with Gasteiger partial charge in [-0.15, -0.1) is 0 Å². The van der Waals surface area contributed by atoms with Crippen LogP contribution in [0.1, 0.15) is 5.56 Å².